The number of fused-ring (bicyclic) bond motifs is 3. The second-order valence-corrected chi connectivity index (χ2v) is 5.95. The molecule has 104 valence electrons. The highest BCUT2D eigenvalue weighted by molar-refractivity contribution is 5.97. The summed E-state index contributed by atoms with van der Waals surface area (Å²) in [4.78, 5) is 14.8. The largest absolute Gasteiger partial charge is 0.464 e. The molecule has 3 unspecified atom stereocenters. The van der Waals surface area contributed by atoms with Crippen LogP contribution in [0.3, 0.4) is 0 Å². The lowest BCUT2D eigenvalue weighted by atomic mass is 9.95. The lowest BCUT2D eigenvalue weighted by Gasteiger charge is -2.22. The molecule has 0 radical (unpaired) electrons. The monoisotopic (exact) mass is 270 g/mol. The van der Waals surface area contributed by atoms with Gasteiger partial charge in [-0.15, -0.1) is 0 Å². The second-order valence-electron chi connectivity index (χ2n) is 5.95. The number of hydrogen-bond acceptors (Lipinski definition) is 3. The van der Waals surface area contributed by atoms with E-state index < -0.39 is 0 Å². The van der Waals surface area contributed by atoms with Crippen molar-refractivity contribution in [2.75, 3.05) is 7.05 Å². The maximum atomic E-state index is 12.4. The van der Waals surface area contributed by atoms with Gasteiger partial charge in [-0.1, -0.05) is 0 Å². The van der Waals surface area contributed by atoms with Crippen molar-refractivity contribution in [1.29, 1.82) is 0 Å². The van der Waals surface area contributed by atoms with Crippen LogP contribution in [0.4, 0.5) is 0 Å². The van der Waals surface area contributed by atoms with E-state index in [1.807, 2.05) is 24.3 Å². The topological polar surface area (TPSA) is 45.5 Å². The first kappa shape index (κ1) is 12.0. The Morgan fingerprint density at radius 1 is 1.35 bits per heavy atom. The molecule has 2 aliphatic heterocycles. The first-order valence-electron chi connectivity index (χ1n) is 7.22. The van der Waals surface area contributed by atoms with Crippen molar-refractivity contribution < 1.29 is 9.21 Å². The fourth-order valence-electron chi connectivity index (χ4n) is 3.78. The van der Waals surface area contributed by atoms with Crippen LogP contribution in [0.5, 0.6) is 0 Å². The summed E-state index contributed by atoms with van der Waals surface area (Å²) in [6.07, 6.45) is 5.21. The molecule has 0 saturated carbocycles. The van der Waals surface area contributed by atoms with Crippen molar-refractivity contribution in [2.45, 2.75) is 37.4 Å². The molecule has 2 bridgehead atoms. The van der Waals surface area contributed by atoms with Crippen LogP contribution in [-0.2, 0) is 0 Å². The van der Waals surface area contributed by atoms with E-state index in [1.165, 1.54) is 12.8 Å². The molecule has 1 aromatic carbocycles. The van der Waals surface area contributed by atoms with Crippen LogP contribution in [-0.4, -0.2) is 36.0 Å². The van der Waals surface area contributed by atoms with Crippen molar-refractivity contribution in [3.63, 3.8) is 0 Å². The van der Waals surface area contributed by atoms with E-state index in [0.29, 0.717) is 23.7 Å². The van der Waals surface area contributed by atoms with E-state index in [1.54, 1.807) is 6.26 Å². The Morgan fingerprint density at radius 3 is 3.00 bits per heavy atom. The highest BCUT2D eigenvalue weighted by Crippen LogP contribution is 2.36. The van der Waals surface area contributed by atoms with Gasteiger partial charge in [-0.2, -0.15) is 0 Å². The molecule has 2 saturated heterocycles. The maximum absolute atomic E-state index is 12.4. The molecular weight excluding hydrogens is 252 g/mol. The van der Waals surface area contributed by atoms with Gasteiger partial charge in [0.2, 0.25) is 0 Å². The zero-order valence-corrected chi connectivity index (χ0v) is 11.5. The maximum Gasteiger partial charge on any atom is 0.251 e. The molecule has 3 heterocycles. The summed E-state index contributed by atoms with van der Waals surface area (Å²) in [6, 6.07) is 8.94. The molecule has 3 atom stereocenters. The minimum absolute atomic E-state index is 0.0269. The fourth-order valence-corrected chi connectivity index (χ4v) is 3.78. The second kappa shape index (κ2) is 4.35. The predicted octanol–water partition coefficient (Wildman–Crippen LogP) is 2.40. The van der Waals surface area contributed by atoms with Crippen LogP contribution in [0.25, 0.3) is 11.0 Å². The van der Waals surface area contributed by atoms with E-state index in [4.69, 9.17) is 4.42 Å². The smallest absolute Gasteiger partial charge is 0.251 e. The van der Waals surface area contributed by atoms with Crippen LogP contribution in [0.1, 0.15) is 29.6 Å². The number of hydrogen-bond donors (Lipinski definition) is 1. The van der Waals surface area contributed by atoms with E-state index >= 15 is 0 Å². The van der Waals surface area contributed by atoms with E-state index in [0.717, 1.165) is 17.4 Å². The van der Waals surface area contributed by atoms with Gasteiger partial charge in [0.05, 0.1) is 6.26 Å². The van der Waals surface area contributed by atoms with Gasteiger partial charge in [-0.05, 0) is 50.6 Å². The number of amides is 1. The third-order valence-electron chi connectivity index (χ3n) is 4.92. The van der Waals surface area contributed by atoms with Crippen LogP contribution < -0.4 is 5.32 Å². The first-order valence-corrected chi connectivity index (χ1v) is 7.22. The summed E-state index contributed by atoms with van der Waals surface area (Å²) in [5.41, 5.74) is 1.53. The van der Waals surface area contributed by atoms with Gasteiger partial charge in [-0.25, -0.2) is 0 Å². The zero-order chi connectivity index (χ0) is 13.7. The predicted molar refractivity (Wildman–Crippen MR) is 76.7 cm³/mol. The highest BCUT2D eigenvalue weighted by Gasteiger charge is 2.44. The molecule has 2 aromatic rings. The number of nitrogens with zero attached hydrogens (tertiary/aromatic N) is 1. The Balaban J connectivity index is 1.53. The number of likely N-dealkylation sites (N-methyl/N-ethyl adjacent to an activating group) is 1. The van der Waals surface area contributed by atoms with Crippen LogP contribution in [0, 0.1) is 0 Å². The Kier molecular flexibility index (Phi) is 2.60. The fraction of sp³-hybridized carbons (Fsp3) is 0.438. The molecule has 0 spiro atoms. The summed E-state index contributed by atoms with van der Waals surface area (Å²) >= 11 is 0. The average Bonchev–Trinajstić information content (AvgIpc) is 3.13. The summed E-state index contributed by atoms with van der Waals surface area (Å²) in [6.45, 7) is 0. The van der Waals surface area contributed by atoms with Crippen LogP contribution in [0.15, 0.2) is 34.9 Å². The standard InChI is InChI=1S/C16H18N2O2/c1-18-12-3-4-14(18)13(9-12)17-16(19)11-2-5-15-10(8-11)6-7-20-15/h2,5-8,12-14H,3-4,9H2,1H3,(H,17,19). The normalized spacial score (nSPS) is 29.1. The molecular formula is C16H18N2O2. The zero-order valence-electron chi connectivity index (χ0n) is 11.5. The van der Waals surface area contributed by atoms with E-state index in [-0.39, 0.29) is 5.91 Å². The molecule has 1 aromatic heterocycles. The summed E-state index contributed by atoms with van der Waals surface area (Å²) < 4.78 is 5.30. The van der Waals surface area contributed by atoms with Gasteiger partial charge in [-0.3, -0.25) is 9.69 Å². The molecule has 4 heteroatoms. The third-order valence-corrected chi connectivity index (χ3v) is 4.92. The van der Waals surface area contributed by atoms with Gasteiger partial charge in [0.1, 0.15) is 5.58 Å². The lowest BCUT2D eigenvalue weighted by molar-refractivity contribution is 0.0927. The van der Waals surface area contributed by atoms with Crippen molar-refractivity contribution >= 4 is 16.9 Å². The molecule has 2 fully saturated rings. The van der Waals surface area contributed by atoms with Gasteiger partial charge in [0.25, 0.3) is 5.91 Å². The molecule has 2 aliphatic rings. The van der Waals surface area contributed by atoms with Crippen molar-refractivity contribution in [3.05, 3.63) is 36.1 Å². The van der Waals surface area contributed by atoms with Crippen LogP contribution in [0.2, 0.25) is 0 Å². The Morgan fingerprint density at radius 2 is 2.25 bits per heavy atom. The van der Waals surface area contributed by atoms with Gasteiger partial charge < -0.3 is 9.73 Å². The molecule has 1 N–H and O–H groups in total. The molecule has 4 rings (SSSR count). The SMILES string of the molecule is CN1C2CCC1C(NC(=O)c1ccc3occc3c1)C2. The van der Waals surface area contributed by atoms with Gasteiger partial charge in [0.15, 0.2) is 0 Å². The molecule has 20 heavy (non-hydrogen) atoms. The third kappa shape index (κ3) is 1.75. The van der Waals surface area contributed by atoms with Crippen LogP contribution >= 0.6 is 0 Å². The lowest BCUT2D eigenvalue weighted by Crippen LogP contribution is -2.43. The van der Waals surface area contributed by atoms with E-state index in [2.05, 4.69) is 17.3 Å². The Hall–Kier alpha value is -1.81. The number of nitrogens with one attached hydrogen (secondary N) is 1. The quantitative estimate of drug-likeness (QED) is 0.911. The summed E-state index contributed by atoms with van der Waals surface area (Å²) in [7, 11) is 2.17. The summed E-state index contributed by atoms with van der Waals surface area (Å²) in [5.74, 6) is 0.0269. The Bertz CT molecular complexity index is 663. The highest BCUT2D eigenvalue weighted by atomic mass is 16.3. The number of carbonyl (C=O) groups excluding carboxylic acids is 1. The average molecular weight is 270 g/mol. The van der Waals surface area contributed by atoms with Crippen molar-refractivity contribution in [1.82, 2.24) is 10.2 Å². The molecule has 1 amide bonds. The number of carbonyl (C=O) groups is 1. The first-order chi connectivity index (χ1) is 9.72. The minimum atomic E-state index is 0.0269. The van der Waals surface area contributed by atoms with Crippen molar-refractivity contribution in [3.8, 4) is 0 Å². The summed E-state index contributed by atoms with van der Waals surface area (Å²) in [5, 5.41) is 4.18. The van der Waals surface area contributed by atoms with Gasteiger partial charge in [0, 0.05) is 29.1 Å². The Labute approximate surface area is 117 Å². The minimum Gasteiger partial charge on any atom is -0.464 e. The molecule has 4 nitrogen and oxygen atoms in total. The molecule has 0 aliphatic carbocycles. The number of furan rings is 1. The van der Waals surface area contributed by atoms with Gasteiger partial charge >= 0.3 is 0 Å². The number of benzene rings is 1. The van der Waals surface area contributed by atoms with Crippen molar-refractivity contribution in [2.24, 2.45) is 0 Å². The number of rotatable bonds is 2. The van der Waals surface area contributed by atoms with E-state index in [9.17, 15) is 4.79 Å².